The van der Waals surface area contributed by atoms with Gasteiger partial charge in [-0.3, -0.25) is 0 Å². The molecule has 0 amide bonds. The summed E-state index contributed by atoms with van der Waals surface area (Å²) >= 11 is 0. The van der Waals surface area contributed by atoms with Crippen LogP contribution in [-0.4, -0.2) is 24.1 Å². The molecule has 0 spiro atoms. The number of aromatic hydroxyl groups is 1. The van der Waals surface area contributed by atoms with Crippen LogP contribution in [0, 0.1) is 0 Å². The van der Waals surface area contributed by atoms with Crippen LogP contribution in [0.1, 0.15) is 11.1 Å². The summed E-state index contributed by atoms with van der Waals surface area (Å²) in [4.78, 5) is 2.12. The monoisotopic (exact) mass is 256 g/mol. The van der Waals surface area contributed by atoms with E-state index >= 15 is 0 Å². The summed E-state index contributed by atoms with van der Waals surface area (Å²) in [6.07, 6.45) is 0. The van der Waals surface area contributed by atoms with Crippen LogP contribution in [0.4, 0.5) is 0 Å². The lowest BCUT2D eigenvalue weighted by molar-refractivity contribution is 0.402. The molecule has 0 aliphatic rings. The number of phenols is 1. The van der Waals surface area contributed by atoms with Gasteiger partial charge >= 0.3 is 0 Å². The summed E-state index contributed by atoms with van der Waals surface area (Å²) < 4.78 is 0. The zero-order valence-electron chi connectivity index (χ0n) is 11.4. The van der Waals surface area contributed by atoms with E-state index in [9.17, 15) is 5.11 Å². The summed E-state index contributed by atoms with van der Waals surface area (Å²) in [7, 11) is 4.08. The molecule has 100 valence electrons. The molecule has 3 nitrogen and oxygen atoms in total. The average Bonchev–Trinajstić information content (AvgIpc) is 2.38. The molecule has 0 bridgehead atoms. The van der Waals surface area contributed by atoms with Gasteiger partial charge in [0.2, 0.25) is 0 Å². The van der Waals surface area contributed by atoms with Crippen molar-refractivity contribution in [2.75, 3.05) is 14.1 Å². The lowest BCUT2D eigenvalue weighted by atomic mass is 10.0. The summed E-state index contributed by atoms with van der Waals surface area (Å²) in [5.41, 5.74) is 9.61. The molecule has 0 aliphatic carbocycles. The van der Waals surface area contributed by atoms with Gasteiger partial charge in [0.15, 0.2) is 0 Å². The third-order valence-corrected chi connectivity index (χ3v) is 3.03. The van der Waals surface area contributed by atoms with E-state index < -0.39 is 0 Å². The van der Waals surface area contributed by atoms with E-state index in [1.54, 1.807) is 6.07 Å². The van der Waals surface area contributed by atoms with Gasteiger partial charge in [0.05, 0.1) is 0 Å². The first kappa shape index (κ1) is 13.6. The number of phenolic OH excluding ortho intramolecular Hbond substituents is 1. The zero-order chi connectivity index (χ0) is 13.8. The van der Waals surface area contributed by atoms with Crippen molar-refractivity contribution < 1.29 is 5.11 Å². The van der Waals surface area contributed by atoms with Crippen molar-refractivity contribution >= 4 is 0 Å². The fourth-order valence-electron chi connectivity index (χ4n) is 2.15. The molecular weight excluding hydrogens is 236 g/mol. The van der Waals surface area contributed by atoms with Crippen molar-refractivity contribution in [3.63, 3.8) is 0 Å². The molecule has 0 saturated heterocycles. The van der Waals surface area contributed by atoms with Crippen LogP contribution in [0.3, 0.4) is 0 Å². The van der Waals surface area contributed by atoms with Crippen LogP contribution >= 0.6 is 0 Å². The Bertz CT molecular complexity index is 564. The first-order valence-electron chi connectivity index (χ1n) is 6.36. The normalized spacial score (nSPS) is 10.9. The third-order valence-electron chi connectivity index (χ3n) is 3.03. The molecule has 19 heavy (non-hydrogen) atoms. The number of nitrogens with zero attached hydrogens (tertiary/aromatic N) is 1. The molecule has 0 unspecified atom stereocenters. The maximum absolute atomic E-state index is 10.1. The first-order valence-corrected chi connectivity index (χ1v) is 6.36. The highest BCUT2D eigenvalue weighted by Gasteiger charge is 2.06. The Hall–Kier alpha value is -1.84. The van der Waals surface area contributed by atoms with Gasteiger partial charge in [0.25, 0.3) is 0 Å². The van der Waals surface area contributed by atoms with E-state index in [0.29, 0.717) is 6.54 Å². The summed E-state index contributed by atoms with van der Waals surface area (Å²) in [5.74, 6) is 0.282. The van der Waals surface area contributed by atoms with Gasteiger partial charge in [-0.05, 0) is 42.9 Å². The van der Waals surface area contributed by atoms with Crippen molar-refractivity contribution in [2.24, 2.45) is 5.73 Å². The van der Waals surface area contributed by atoms with E-state index in [2.05, 4.69) is 17.0 Å². The molecule has 0 fully saturated rings. The van der Waals surface area contributed by atoms with Crippen molar-refractivity contribution in [2.45, 2.75) is 13.1 Å². The molecule has 0 atom stereocenters. The second-order valence-corrected chi connectivity index (χ2v) is 4.99. The van der Waals surface area contributed by atoms with Crippen molar-refractivity contribution in [1.82, 2.24) is 4.90 Å². The summed E-state index contributed by atoms with van der Waals surface area (Å²) in [6.45, 7) is 1.32. The van der Waals surface area contributed by atoms with E-state index in [4.69, 9.17) is 5.73 Å². The predicted octanol–water partition coefficient (Wildman–Crippen LogP) is 2.58. The van der Waals surface area contributed by atoms with Gasteiger partial charge in [-0.2, -0.15) is 0 Å². The molecule has 0 heterocycles. The van der Waals surface area contributed by atoms with Crippen LogP contribution in [0.15, 0.2) is 42.5 Å². The predicted molar refractivity (Wildman–Crippen MR) is 78.8 cm³/mol. The van der Waals surface area contributed by atoms with Gasteiger partial charge in [-0.25, -0.2) is 0 Å². The number of hydrogen-bond acceptors (Lipinski definition) is 3. The van der Waals surface area contributed by atoms with E-state index in [-0.39, 0.29) is 5.75 Å². The maximum atomic E-state index is 10.1. The van der Waals surface area contributed by atoms with E-state index in [1.807, 2.05) is 38.4 Å². The van der Waals surface area contributed by atoms with Gasteiger partial charge in [-0.15, -0.1) is 0 Å². The summed E-state index contributed by atoms with van der Waals surface area (Å²) in [6, 6.07) is 13.8. The van der Waals surface area contributed by atoms with Crippen LogP contribution < -0.4 is 5.73 Å². The van der Waals surface area contributed by atoms with Crippen molar-refractivity contribution in [3.05, 3.63) is 53.6 Å². The van der Waals surface area contributed by atoms with Gasteiger partial charge in [0.1, 0.15) is 5.75 Å². The highest BCUT2D eigenvalue weighted by atomic mass is 16.3. The Kier molecular flexibility index (Phi) is 4.20. The fourth-order valence-corrected chi connectivity index (χ4v) is 2.15. The van der Waals surface area contributed by atoms with Gasteiger partial charge in [-0.1, -0.05) is 30.3 Å². The largest absolute Gasteiger partial charge is 0.507 e. The number of hydrogen-bond donors (Lipinski definition) is 2. The molecule has 3 N–H and O–H groups in total. The number of nitrogens with two attached hydrogens (primary N) is 1. The average molecular weight is 256 g/mol. The lowest BCUT2D eigenvalue weighted by Crippen LogP contribution is -2.10. The topological polar surface area (TPSA) is 49.5 Å². The first-order chi connectivity index (χ1) is 9.10. The minimum absolute atomic E-state index is 0.282. The third kappa shape index (κ3) is 3.34. The Labute approximate surface area is 114 Å². The number of rotatable bonds is 4. The lowest BCUT2D eigenvalue weighted by Gasteiger charge is -2.12. The van der Waals surface area contributed by atoms with Gasteiger partial charge in [0, 0.05) is 18.7 Å². The highest BCUT2D eigenvalue weighted by Crippen LogP contribution is 2.30. The standard InChI is InChI=1S/C16H20N2O/c1-18(2)11-13-4-3-5-14(8-13)15-7-6-12(10-17)9-16(15)19/h3-9,19H,10-11,17H2,1-2H3. The van der Waals surface area contributed by atoms with Gasteiger partial charge < -0.3 is 15.7 Å². The SMILES string of the molecule is CN(C)Cc1cccc(-c2ccc(CN)cc2O)c1. The molecule has 2 aromatic rings. The Morgan fingerprint density at radius 3 is 2.47 bits per heavy atom. The second-order valence-electron chi connectivity index (χ2n) is 4.99. The smallest absolute Gasteiger partial charge is 0.123 e. The minimum Gasteiger partial charge on any atom is -0.507 e. The van der Waals surface area contributed by atoms with E-state index in [0.717, 1.165) is 23.2 Å². The Balaban J connectivity index is 2.36. The van der Waals surface area contributed by atoms with E-state index in [1.165, 1.54) is 5.56 Å². The number of benzene rings is 2. The zero-order valence-corrected chi connectivity index (χ0v) is 11.4. The van der Waals surface area contributed by atoms with Crippen LogP contribution in [-0.2, 0) is 13.1 Å². The van der Waals surface area contributed by atoms with Crippen molar-refractivity contribution in [1.29, 1.82) is 0 Å². The fraction of sp³-hybridized carbons (Fsp3) is 0.250. The molecule has 0 saturated carbocycles. The quantitative estimate of drug-likeness (QED) is 0.884. The van der Waals surface area contributed by atoms with Crippen LogP contribution in [0.2, 0.25) is 0 Å². The highest BCUT2D eigenvalue weighted by molar-refractivity contribution is 5.71. The molecular formula is C16H20N2O. The molecule has 2 rings (SSSR count). The Morgan fingerprint density at radius 2 is 1.84 bits per heavy atom. The molecule has 0 aliphatic heterocycles. The molecule has 0 radical (unpaired) electrons. The maximum Gasteiger partial charge on any atom is 0.123 e. The minimum atomic E-state index is 0.282. The molecule has 3 heteroatoms. The molecule has 0 aromatic heterocycles. The summed E-state index contributed by atoms with van der Waals surface area (Å²) in [5, 5.41) is 10.1. The molecule has 2 aromatic carbocycles. The van der Waals surface area contributed by atoms with Crippen LogP contribution in [0.25, 0.3) is 11.1 Å². The second kappa shape index (κ2) is 5.87. The van der Waals surface area contributed by atoms with Crippen molar-refractivity contribution in [3.8, 4) is 16.9 Å². The van der Waals surface area contributed by atoms with Crippen LogP contribution in [0.5, 0.6) is 5.75 Å². The Morgan fingerprint density at radius 1 is 1.05 bits per heavy atom.